The molecule has 26 heavy (non-hydrogen) atoms. The molecule has 0 aliphatic carbocycles. The second kappa shape index (κ2) is 8.83. The number of nitrogens with one attached hydrogen (secondary N) is 1. The molecule has 0 bridgehead atoms. The highest BCUT2D eigenvalue weighted by molar-refractivity contribution is 5.95. The minimum absolute atomic E-state index is 0.159. The highest BCUT2D eigenvalue weighted by atomic mass is 16.5. The van der Waals surface area contributed by atoms with Gasteiger partial charge in [-0.15, -0.1) is 0 Å². The van der Waals surface area contributed by atoms with Crippen LogP contribution in [0.5, 0.6) is 5.75 Å². The lowest BCUT2D eigenvalue weighted by atomic mass is 9.92. The zero-order valence-electron chi connectivity index (χ0n) is 15.1. The number of rotatable bonds is 6. The van der Waals surface area contributed by atoms with Gasteiger partial charge < -0.3 is 20.5 Å². The molecule has 138 valence electrons. The predicted molar refractivity (Wildman–Crippen MR) is 102 cm³/mol. The zero-order chi connectivity index (χ0) is 18.4. The van der Waals surface area contributed by atoms with E-state index in [-0.39, 0.29) is 11.8 Å². The Morgan fingerprint density at radius 3 is 2.77 bits per heavy atom. The zero-order valence-corrected chi connectivity index (χ0v) is 15.1. The van der Waals surface area contributed by atoms with Crippen molar-refractivity contribution in [1.29, 1.82) is 0 Å². The number of carbonyl (C=O) groups excluding carboxylic acids is 1. The van der Waals surface area contributed by atoms with Crippen molar-refractivity contribution in [2.24, 2.45) is 11.7 Å². The Bertz CT molecular complexity index is 742. The van der Waals surface area contributed by atoms with Gasteiger partial charge in [0.1, 0.15) is 12.4 Å². The van der Waals surface area contributed by atoms with Crippen molar-refractivity contribution in [3.05, 3.63) is 59.7 Å². The summed E-state index contributed by atoms with van der Waals surface area (Å²) < 4.78 is 11.2. The molecule has 2 aromatic carbocycles. The molecule has 2 aromatic rings. The van der Waals surface area contributed by atoms with Crippen LogP contribution in [0.1, 0.15) is 24.0 Å². The smallest absolute Gasteiger partial charge is 0.241 e. The van der Waals surface area contributed by atoms with Crippen LogP contribution in [0.3, 0.4) is 0 Å². The average molecular weight is 354 g/mol. The van der Waals surface area contributed by atoms with Crippen LogP contribution >= 0.6 is 0 Å². The van der Waals surface area contributed by atoms with E-state index in [0.29, 0.717) is 31.3 Å². The molecule has 5 heteroatoms. The van der Waals surface area contributed by atoms with Crippen molar-refractivity contribution < 1.29 is 14.3 Å². The lowest BCUT2D eigenvalue weighted by molar-refractivity contribution is -0.119. The van der Waals surface area contributed by atoms with Crippen molar-refractivity contribution in [3.8, 4) is 5.75 Å². The summed E-state index contributed by atoms with van der Waals surface area (Å²) in [5.74, 6) is 0.725. The van der Waals surface area contributed by atoms with Gasteiger partial charge in [-0.25, -0.2) is 0 Å². The summed E-state index contributed by atoms with van der Waals surface area (Å²) >= 11 is 0. The molecule has 1 aliphatic heterocycles. The minimum atomic E-state index is -0.518. The van der Waals surface area contributed by atoms with Crippen LogP contribution in [0.2, 0.25) is 0 Å². The third-order valence-corrected chi connectivity index (χ3v) is 4.83. The first-order chi connectivity index (χ1) is 12.6. The molecular formula is C21H26N2O3. The molecule has 3 N–H and O–H groups in total. The molecule has 5 nitrogen and oxygen atoms in total. The van der Waals surface area contributed by atoms with Crippen molar-refractivity contribution in [3.63, 3.8) is 0 Å². The molecule has 0 aromatic heterocycles. The molecule has 3 rings (SSSR count). The number of ether oxygens (including phenoxy) is 2. The highest BCUT2D eigenvalue weighted by Gasteiger charge is 2.26. The number of hydrogen-bond donors (Lipinski definition) is 2. The van der Waals surface area contributed by atoms with Crippen LogP contribution in [-0.2, 0) is 16.1 Å². The topological polar surface area (TPSA) is 73.6 Å². The standard InChI is InChI=1S/C21H26N2O3/c1-15-5-2-3-6-17(15)14-26-19-8-4-7-18(13-19)23-21(24)20(22)16-9-11-25-12-10-16/h2-8,13,16,20H,9-12,14,22H2,1H3,(H,23,24). The Balaban J connectivity index is 1.58. The van der Waals surface area contributed by atoms with Crippen LogP contribution < -0.4 is 15.8 Å². The van der Waals surface area contributed by atoms with Crippen LogP contribution in [0, 0.1) is 12.8 Å². The molecule has 1 saturated heterocycles. The Kier molecular flexibility index (Phi) is 6.26. The molecular weight excluding hydrogens is 328 g/mol. The van der Waals surface area contributed by atoms with Gasteiger partial charge in [-0.3, -0.25) is 4.79 Å². The first kappa shape index (κ1) is 18.4. The largest absolute Gasteiger partial charge is 0.489 e. The number of benzene rings is 2. The number of carbonyl (C=O) groups is 1. The summed E-state index contributed by atoms with van der Waals surface area (Å²) in [6.07, 6.45) is 1.66. The van der Waals surface area contributed by atoms with Crippen molar-refractivity contribution in [1.82, 2.24) is 0 Å². The maximum Gasteiger partial charge on any atom is 0.241 e. The Morgan fingerprint density at radius 1 is 1.23 bits per heavy atom. The first-order valence-corrected chi connectivity index (χ1v) is 9.05. The molecule has 1 atom stereocenters. The van der Waals surface area contributed by atoms with E-state index in [4.69, 9.17) is 15.2 Å². The third kappa shape index (κ3) is 4.84. The summed E-state index contributed by atoms with van der Waals surface area (Å²) in [5, 5.41) is 2.90. The van der Waals surface area contributed by atoms with Gasteiger partial charge in [-0.1, -0.05) is 30.3 Å². The number of hydrogen-bond acceptors (Lipinski definition) is 4. The molecule has 0 saturated carbocycles. The van der Waals surface area contributed by atoms with Crippen molar-refractivity contribution in [2.45, 2.75) is 32.4 Å². The maximum absolute atomic E-state index is 12.4. The SMILES string of the molecule is Cc1ccccc1COc1cccc(NC(=O)C(N)C2CCOCC2)c1. The van der Waals surface area contributed by atoms with Gasteiger partial charge in [-0.2, -0.15) is 0 Å². The third-order valence-electron chi connectivity index (χ3n) is 4.83. The minimum Gasteiger partial charge on any atom is -0.489 e. The van der Waals surface area contributed by atoms with E-state index in [1.807, 2.05) is 42.5 Å². The van der Waals surface area contributed by atoms with E-state index in [2.05, 4.69) is 18.3 Å². The van der Waals surface area contributed by atoms with E-state index in [9.17, 15) is 4.79 Å². The number of anilines is 1. The average Bonchev–Trinajstić information content (AvgIpc) is 2.68. The molecule has 1 unspecified atom stereocenters. The Labute approximate surface area is 154 Å². The predicted octanol–water partition coefficient (Wildman–Crippen LogP) is 3.27. The molecule has 1 aliphatic rings. The van der Waals surface area contributed by atoms with Crippen LogP contribution in [0.25, 0.3) is 0 Å². The van der Waals surface area contributed by atoms with E-state index in [0.717, 1.165) is 18.4 Å². The highest BCUT2D eigenvalue weighted by Crippen LogP contribution is 2.22. The normalized spacial score (nSPS) is 16.1. The van der Waals surface area contributed by atoms with Crippen LogP contribution in [0.4, 0.5) is 5.69 Å². The molecule has 1 fully saturated rings. The first-order valence-electron chi connectivity index (χ1n) is 9.05. The van der Waals surface area contributed by atoms with Crippen molar-refractivity contribution in [2.75, 3.05) is 18.5 Å². The summed E-state index contributed by atoms with van der Waals surface area (Å²) in [4.78, 5) is 12.4. The van der Waals surface area contributed by atoms with Gasteiger partial charge in [0.25, 0.3) is 0 Å². The lowest BCUT2D eigenvalue weighted by Crippen LogP contribution is -2.43. The van der Waals surface area contributed by atoms with E-state index in [1.54, 1.807) is 0 Å². The number of amides is 1. The molecule has 1 amide bonds. The van der Waals surface area contributed by atoms with E-state index >= 15 is 0 Å². The molecule has 0 radical (unpaired) electrons. The summed E-state index contributed by atoms with van der Waals surface area (Å²) in [6.45, 7) is 3.90. The fourth-order valence-corrected chi connectivity index (χ4v) is 3.11. The van der Waals surface area contributed by atoms with Gasteiger partial charge >= 0.3 is 0 Å². The van der Waals surface area contributed by atoms with E-state index in [1.165, 1.54) is 5.56 Å². The summed E-state index contributed by atoms with van der Waals surface area (Å²) in [7, 11) is 0. The van der Waals surface area contributed by atoms with Crippen LogP contribution in [0.15, 0.2) is 48.5 Å². The van der Waals surface area contributed by atoms with Gasteiger partial charge in [-0.05, 0) is 48.9 Å². The fraction of sp³-hybridized carbons (Fsp3) is 0.381. The number of aryl methyl sites for hydroxylation is 1. The maximum atomic E-state index is 12.4. The van der Waals surface area contributed by atoms with Gasteiger partial charge in [0.15, 0.2) is 0 Å². The van der Waals surface area contributed by atoms with Crippen LogP contribution in [-0.4, -0.2) is 25.2 Å². The fourth-order valence-electron chi connectivity index (χ4n) is 3.11. The molecule has 0 spiro atoms. The monoisotopic (exact) mass is 354 g/mol. The quantitative estimate of drug-likeness (QED) is 0.835. The van der Waals surface area contributed by atoms with E-state index < -0.39 is 6.04 Å². The summed E-state index contributed by atoms with van der Waals surface area (Å²) in [5.41, 5.74) is 9.16. The van der Waals surface area contributed by atoms with Gasteiger partial charge in [0.05, 0.1) is 6.04 Å². The second-order valence-corrected chi connectivity index (χ2v) is 6.71. The Morgan fingerprint density at radius 2 is 2.00 bits per heavy atom. The summed E-state index contributed by atoms with van der Waals surface area (Å²) in [6, 6.07) is 15.0. The lowest BCUT2D eigenvalue weighted by Gasteiger charge is -2.26. The van der Waals surface area contributed by atoms with Crippen molar-refractivity contribution >= 4 is 11.6 Å². The van der Waals surface area contributed by atoms with Gasteiger partial charge in [0, 0.05) is 25.0 Å². The van der Waals surface area contributed by atoms with Gasteiger partial charge in [0.2, 0.25) is 5.91 Å². The Hall–Kier alpha value is -2.37. The number of nitrogens with two attached hydrogens (primary N) is 1. The second-order valence-electron chi connectivity index (χ2n) is 6.71. The molecule has 1 heterocycles.